The number of benzene rings is 1. The van der Waals surface area contributed by atoms with Crippen LogP contribution in [0, 0.1) is 6.92 Å². The van der Waals surface area contributed by atoms with Crippen LogP contribution in [0.25, 0.3) is 0 Å². The van der Waals surface area contributed by atoms with Crippen LogP contribution in [0.15, 0.2) is 42.7 Å². The van der Waals surface area contributed by atoms with E-state index in [1.807, 2.05) is 31.2 Å². The number of aryl methyl sites for hydroxylation is 1. The molecule has 0 bridgehead atoms. The summed E-state index contributed by atoms with van der Waals surface area (Å²) in [6.45, 7) is 6.14. The first-order chi connectivity index (χ1) is 9.08. The summed E-state index contributed by atoms with van der Waals surface area (Å²) in [6.07, 6.45) is 3.59. The molecule has 1 aromatic heterocycles. The number of aromatic nitrogens is 1. The van der Waals surface area contributed by atoms with Crippen molar-refractivity contribution in [2.24, 2.45) is 0 Å². The summed E-state index contributed by atoms with van der Waals surface area (Å²) < 4.78 is 0. The lowest BCUT2D eigenvalue weighted by Gasteiger charge is -2.21. The van der Waals surface area contributed by atoms with E-state index in [9.17, 15) is 5.11 Å². The number of rotatable bonds is 4. The third-order valence-corrected chi connectivity index (χ3v) is 3.36. The highest BCUT2D eigenvalue weighted by Gasteiger charge is 2.13. The standard InChI is InChI=1S/C16H20N2O/c1-11-4-5-15(16(19)10-11)13(3)18-12(2)14-6-8-17-9-7-14/h4-10,12-13,18-19H,1-3H3. The number of nitrogens with zero attached hydrogens (tertiary/aromatic N) is 1. The molecule has 0 aliphatic heterocycles. The van der Waals surface area contributed by atoms with E-state index in [1.54, 1.807) is 18.5 Å². The molecular weight excluding hydrogens is 236 g/mol. The molecule has 2 aromatic rings. The zero-order chi connectivity index (χ0) is 13.8. The molecule has 0 spiro atoms. The van der Waals surface area contributed by atoms with Crippen molar-refractivity contribution < 1.29 is 5.11 Å². The summed E-state index contributed by atoms with van der Waals surface area (Å²) in [5, 5.41) is 13.5. The lowest BCUT2D eigenvalue weighted by Crippen LogP contribution is -2.22. The summed E-state index contributed by atoms with van der Waals surface area (Å²) in [5.41, 5.74) is 3.18. The molecule has 2 N–H and O–H groups in total. The highest BCUT2D eigenvalue weighted by Crippen LogP contribution is 2.27. The van der Waals surface area contributed by atoms with Gasteiger partial charge in [0.2, 0.25) is 0 Å². The molecule has 3 heteroatoms. The molecule has 1 aromatic carbocycles. The van der Waals surface area contributed by atoms with Crippen LogP contribution >= 0.6 is 0 Å². The van der Waals surface area contributed by atoms with Crippen molar-refractivity contribution in [1.29, 1.82) is 0 Å². The maximum absolute atomic E-state index is 10.00. The minimum atomic E-state index is 0.0868. The van der Waals surface area contributed by atoms with Gasteiger partial charge in [-0.2, -0.15) is 0 Å². The quantitative estimate of drug-likeness (QED) is 0.880. The molecule has 2 atom stereocenters. The predicted molar refractivity (Wildman–Crippen MR) is 77.0 cm³/mol. The average molecular weight is 256 g/mol. The zero-order valence-electron chi connectivity index (χ0n) is 11.6. The van der Waals surface area contributed by atoms with Gasteiger partial charge >= 0.3 is 0 Å². The van der Waals surface area contributed by atoms with Gasteiger partial charge in [-0.25, -0.2) is 0 Å². The molecule has 0 aliphatic carbocycles. The van der Waals surface area contributed by atoms with E-state index in [-0.39, 0.29) is 12.1 Å². The Morgan fingerprint density at radius 2 is 1.74 bits per heavy atom. The third kappa shape index (κ3) is 3.32. The molecule has 2 rings (SSSR count). The van der Waals surface area contributed by atoms with Crippen LogP contribution in [0.3, 0.4) is 0 Å². The second-order valence-corrected chi connectivity index (χ2v) is 4.95. The normalized spacial score (nSPS) is 14.1. The van der Waals surface area contributed by atoms with E-state index in [4.69, 9.17) is 0 Å². The lowest BCUT2D eigenvalue weighted by molar-refractivity contribution is 0.438. The van der Waals surface area contributed by atoms with Crippen LogP contribution in [0.2, 0.25) is 0 Å². The Labute approximate surface area is 114 Å². The van der Waals surface area contributed by atoms with Gasteiger partial charge in [0.25, 0.3) is 0 Å². The molecular formula is C16H20N2O. The van der Waals surface area contributed by atoms with Gasteiger partial charge in [-0.3, -0.25) is 4.98 Å². The summed E-state index contributed by atoms with van der Waals surface area (Å²) in [7, 11) is 0. The molecule has 1 heterocycles. The van der Waals surface area contributed by atoms with Crippen LogP contribution in [-0.2, 0) is 0 Å². The minimum absolute atomic E-state index is 0.0868. The first-order valence-corrected chi connectivity index (χ1v) is 6.53. The predicted octanol–water partition coefficient (Wildman–Crippen LogP) is 3.51. The second-order valence-electron chi connectivity index (χ2n) is 4.95. The largest absolute Gasteiger partial charge is 0.508 e. The Kier molecular flexibility index (Phi) is 4.17. The van der Waals surface area contributed by atoms with Crippen LogP contribution < -0.4 is 5.32 Å². The van der Waals surface area contributed by atoms with Crippen LogP contribution in [0.1, 0.15) is 42.6 Å². The van der Waals surface area contributed by atoms with Gasteiger partial charge in [-0.05, 0) is 50.1 Å². The third-order valence-electron chi connectivity index (χ3n) is 3.36. The first-order valence-electron chi connectivity index (χ1n) is 6.53. The van der Waals surface area contributed by atoms with Crippen molar-refractivity contribution in [3.05, 3.63) is 59.4 Å². The van der Waals surface area contributed by atoms with E-state index < -0.39 is 0 Å². The van der Waals surface area contributed by atoms with Crippen LogP contribution in [0.5, 0.6) is 5.75 Å². The van der Waals surface area contributed by atoms with Gasteiger partial charge in [0, 0.05) is 30.0 Å². The molecule has 0 aliphatic rings. The fourth-order valence-electron chi connectivity index (χ4n) is 2.23. The van der Waals surface area contributed by atoms with E-state index >= 15 is 0 Å². The van der Waals surface area contributed by atoms with Gasteiger partial charge in [-0.15, -0.1) is 0 Å². The van der Waals surface area contributed by atoms with E-state index in [0.29, 0.717) is 5.75 Å². The number of pyridine rings is 1. The number of hydrogen-bond donors (Lipinski definition) is 2. The maximum Gasteiger partial charge on any atom is 0.120 e. The van der Waals surface area contributed by atoms with Gasteiger partial charge in [0.05, 0.1) is 0 Å². The molecule has 100 valence electrons. The van der Waals surface area contributed by atoms with Crippen molar-refractivity contribution in [2.45, 2.75) is 32.9 Å². The zero-order valence-corrected chi connectivity index (χ0v) is 11.6. The highest BCUT2D eigenvalue weighted by atomic mass is 16.3. The van der Waals surface area contributed by atoms with Crippen molar-refractivity contribution >= 4 is 0 Å². The summed E-state index contributed by atoms with van der Waals surface area (Å²) in [4.78, 5) is 4.02. The Bertz CT molecular complexity index is 540. The number of phenols is 1. The number of nitrogens with one attached hydrogen (secondary N) is 1. The number of phenolic OH excluding ortho intramolecular Hbond substituents is 1. The topological polar surface area (TPSA) is 45.2 Å². The molecule has 0 amide bonds. The molecule has 2 unspecified atom stereocenters. The van der Waals surface area contributed by atoms with E-state index in [2.05, 4.69) is 24.1 Å². The molecule has 19 heavy (non-hydrogen) atoms. The smallest absolute Gasteiger partial charge is 0.120 e. The molecule has 0 saturated carbocycles. The monoisotopic (exact) mass is 256 g/mol. The minimum Gasteiger partial charge on any atom is -0.508 e. The van der Waals surface area contributed by atoms with Gasteiger partial charge in [0.1, 0.15) is 5.75 Å². The van der Waals surface area contributed by atoms with Gasteiger partial charge < -0.3 is 10.4 Å². The number of hydrogen-bond acceptors (Lipinski definition) is 3. The first kappa shape index (κ1) is 13.6. The van der Waals surface area contributed by atoms with Crippen LogP contribution in [0.4, 0.5) is 0 Å². The molecule has 0 radical (unpaired) electrons. The summed E-state index contributed by atoms with van der Waals surface area (Å²) in [5.74, 6) is 0.349. The molecule has 3 nitrogen and oxygen atoms in total. The Hall–Kier alpha value is -1.87. The Balaban J connectivity index is 2.10. The van der Waals surface area contributed by atoms with Crippen molar-refractivity contribution in [2.75, 3.05) is 0 Å². The summed E-state index contributed by atoms with van der Waals surface area (Å²) in [6, 6.07) is 10.1. The SMILES string of the molecule is Cc1ccc(C(C)NC(C)c2ccncc2)c(O)c1. The van der Waals surface area contributed by atoms with Crippen molar-refractivity contribution in [3.8, 4) is 5.75 Å². The fourth-order valence-corrected chi connectivity index (χ4v) is 2.23. The molecule has 0 fully saturated rings. The maximum atomic E-state index is 10.00. The van der Waals surface area contributed by atoms with Gasteiger partial charge in [0.15, 0.2) is 0 Å². The van der Waals surface area contributed by atoms with Gasteiger partial charge in [-0.1, -0.05) is 12.1 Å². The Morgan fingerprint density at radius 1 is 1.05 bits per heavy atom. The molecule has 0 saturated heterocycles. The number of aromatic hydroxyl groups is 1. The second kappa shape index (κ2) is 5.85. The lowest BCUT2D eigenvalue weighted by atomic mass is 10.0. The van der Waals surface area contributed by atoms with Crippen molar-refractivity contribution in [1.82, 2.24) is 10.3 Å². The van der Waals surface area contributed by atoms with Crippen molar-refractivity contribution in [3.63, 3.8) is 0 Å². The summed E-state index contributed by atoms with van der Waals surface area (Å²) >= 11 is 0. The van der Waals surface area contributed by atoms with E-state index in [0.717, 1.165) is 11.1 Å². The average Bonchev–Trinajstić information content (AvgIpc) is 2.39. The fraction of sp³-hybridized carbons (Fsp3) is 0.312. The highest BCUT2D eigenvalue weighted by molar-refractivity contribution is 5.38. The van der Waals surface area contributed by atoms with Crippen LogP contribution in [-0.4, -0.2) is 10.1 Å². The Morgan fingerprint density at radius 3 is 2.37 bits per heavy atom. The van der Waals surface area contributed by atoms with E-state index in [1.165, 1.54) is 5.56 Å².